The number of sulfonamides is 1. The second-order valence-corrected chi connectivity index (χ2v) is 9.35. The maximum atomic E-state index is 12.9. The highest BCUT2D eigenvalue weighted by molar-refractivity contribution is 7.88. The van der Waals surface area contributed by atoms with Gasteiger partial charge in [0.2, 0.25) is 10.0 Å². The number of rotatable bonds is 5. The maximum Gasteiger partial charge on any atom is 0.254 e. The van der Waals surface area contributed by atoms with Crippen molar-refractivity contribution in [3.63, 3.8) is 0 Å². The Bertz CT molecular complexity index is 787. The van der Waals surface area contributed by atoms with Gasteiger partial charge in [-0.1, -0.05) is 0 Å². The summed E-state index contributed by atoms with van der Waals surface area (Å²) in [5.74, 6) is 2.08. The summed E-state index contributed by atoms with van der Waals surface area (Å²) >= 11 is 0. The minimum absolute atomic E-state index is 0.00650. The monoisotopic (exact) mass is 396 g/mol. The number of carbonyl (C=O) groups is 1. The molecule has 0 bridgehead atoms. The van der Waals surface area contributed by atoms with Crippen molar-refractivity contribution in [2.45, 2.75) is 19.3 Å². The summed E-state index contributed by atoms with van der Waals surface area (Å²) in [6.07, 6.45) is 3.99. The fourth-order valence-electron chi connectivity index (χ4n) is 4.19. The lowest BCUT2D eigenvalue weighted by molar-refractivity contribution is 0.0778. The van der Waals surface area contributed by atoms with Crippen LogP contribution in [-0.2, 0) is 10.0 Å². The average Bonchev–Trinajstić information content (AvgIpc) is 3.16. The summed E-state index contributed by atoms with van der Waals surface area (Å²) in [5.41, 5.74) is 0.597. The molecule has 2 fully saturated rings. The number of methoxy groups -OCH3 is 2. The predicted molar refractivity (Wildman–Crippen MR) is 103 cm³/mol. The van der Waals surface area contributed by atoms with E-state index in [1.54, 1.807) is 36.7 Å². The molecule has 8 heteroatoms. The van der Waals surface area contributed by atoms with E-state index in [2.05, 4.69) is 0 Å². The Hall–Kier alpha value is -1.80. The van der Waals surface area contributed by atoms with Crippen molar-refractivity contribution >= 4 is 15.9 Å². The first kappa shape index (κ1) is 19.9. The van der Waals surface area contributed by atoms with Crippen LogP contribution in [0.2, 0.25) is 0 Å². The van der Waals surface area contributed by atoms with Gasteiger partial charge in [0.1, 0.15) is 0 Å². The summed E-state index contributed by atoms with van der Waals surface area (Å²) < 4.78 is 35.4. The highest BCUT2D eigenvalue weighted by atomic mass is 32.2. The third-order valence-electron chi connectivity index (χ3n) is 5.78. The first-order chi connectivity index (χ1) is 12.8. The van der Waals surface area contributed by atoms with Gasteiger partial charge in [0, 0.05) is 31.7 Å². The Morgan fingerprint density at radius 3 is 2.22 bits per heavy atom. The summed E-state index contributed by atoms with van der Waals surface area (Å²) in [7, 11) is 0.0266. The molecule has 1 aromatic rings. The zero-order valence-electron chi connectivity index (χ0n) is 16.2. The fraction of sp³-hybridized carbons (Fsp3) is 0.632. The first-order valence-electron chi connectivity index (χ1n) is 9.30. The van der Waals surface area contributed by atoms with Gasteiger partial charge < -0.3 is 14.4 Å². The lowest BCUT2D eigenvalue weighted by Gasteiger charge is -2.33. The molecule has 0 spiro atoms. The van der Waals surface area contributed by atoms with E-state index in [1.807, 2.05) is 4.90 Å². The highest BCUT2D eigenvalue weighted by Gasteiger charge is 2.35. The molecule has 1 amide bonds. The van der Waals surface area contributed by atoms with Gasteiger partial charge in [-0.05, 0) is 49.3 Å². The molecule has 2 heterocycles. The molecule has 7 nitrogen and oxygen atoms in total. The molecule has 2 aliphatic heterocycles. The number of hydrogen-bond acceptors (Lipinski definition) is 5. The van der Waals surface area contributed by atoms with Gasteiger partial charge in [-0.3, -0.25) is 4.79 Å². The molecule has 2 saturated heterocycles. The van der Waals surface area contributed by atoms with Gasteiger partial charge in [0.05, 0.1) is 20.5 Å². The number of likely N-dealkylation sites (tertiary alicyclic amines) is 1. The lowest BCUT2D eigenvalue weighted by atomic mass is 9.84. The summed E-state index contributed by atoms with van der Waals surface area (Å²) in [5, 5.41) is 0. The minimum Gasteiger partial charge on any atom is -0.493 e. The fourth-order valence-corrected chi connectivity index (χ4v) is 5.06. The van der Waals surface area contributed by atoms with E-state index >= 15 is 0 Å². The molecule has 1 aromatic carbocycles. The average molecular weight is 397 g/mol. The van der Waals surface area contributed by atoms with Crippen LogP contribution in [0.1, 0.15) is 29.6 Å². The Morgan fingerprint density at radius 2 is 1.63 bits per heavy atom. The van der Waals surface area contributed by atoms with Gasteiger partial charge in [-0.15, -0.1) is 0 Å². The van der Waals surface area contributed by atoms with Crippen LogP contribution in [0.4, 0.5) is 0 Å². The predicted octanol–water partition coefficient (Wildman–Crippen LogP) is 1.84. The zero-order valence-corrected chi connectivity index (χ0v) is 17.0. The van der Waals surface area contributed by atoms with Gasteiger partial charge in [0.25, 0.3) is 5.91 Å². The molecule has 1 unspecified atom stereocenters. The molecule has 150 valence electrons. The second kappa shape index (κ2) is 8.06. The van der Waals surface area contributed by atoms with E-state index in [1.165, 1.54) is 6.26 Å². The largest absolute Gasteiger partial charge is 0.493 e. The van der Waals surface area contributed by atoms with E-state index < -0.39 is 10.0 Å². The lowest BCUT2D eigenvalue weighted by Crippen LogP contribution is -2.40. The topological polar surface area (TPSA) is 76.2 Å². The van der Waals surface area contributed by atoms with Crippen LogP contribution in [0.25, 0.3) is 0 Å². The van der Waals surface area contributed by atoms with Crippen LogP contribution < -0.4 is 9.47 Å². The molecule has 0 N–H and O–H groups in total. The Kier molecular flexibility index (Phi) is 5.95. The van der Waals surface area contributed by atoms with Gasteiger partial charge in [-0.2, -0.15) is 0 Å². The molecule has 3 rings (SSSR count). The Morgan fingerprint density at radius 1 is 1.00 bits per heavy atom. The molecule has 0 radical (unpaired) electrons. The number of benzene rings is 1. The molecule has 0 aliphatic carbocycles. The highest BCUT2D eigenvalue weighted by Crippen LogP contribution is 2.34. The van der Waals surface area contributed by atoms with Crippen LogP contribution in [-0.4, -0.2) is 70.2 Å². The number of amides is 1. The molecule has 1 atom stereocenters. The van der Waals surface area contributed by atoms with Crippen LogP contribution in [0, 0.1) is 11.8 Å². The van der Waals surface area contributed by atoms with Crippen molar-refractivity contribution in [2.24, 2.45) is 11.8 Å². The number of ether oxygens (including phenoxy) is 2. The summed E-state index contributed by atoms with van der Waals surface area (Å²) in [6.45, 7) is 2.65. The number of carbonyl (C=O) groups excluding carboxylic acids is 1. The number of piperidine rings is 1. The van der Waals surface area contributed by atoms with Gasteiger partial charge >= 0.3 is 0 Å². The van der Waals surface area contributed by atoms with Crippen molar-refractivity contribution in [1.29, 1.82) is 0 Å². The molecule has 27 heavy (non-hydrogen) atoms. The van der Waals surface area contributed by atoms with Gasteiger partial charge in [-0.25, -0.2) is 12.7 Å². The van der Waals surface area contributed by atoms with Crippen LogP contribution in [0.5, 0.6) is 11.5 Å². The third-order valence-corrected chi connectivity index (χ3v) is 7.08. The molecule has 0 saturated carbocycles. The van der Waals surface area contributed by atoms with E-state index in [0.717, 1.165) is 32.4 Å². The third kappa shape index (κ3) is 4.38. The van der Waals surface area contributed by atoms with Crippen molar-refractivity contribution in [2.75, 3.05) is 46.7 Å². The SMILES string of the molecule is COc1ccc(C(=O)N2CCC(C3CCN(S(C)(=O)=O)CC3)C2)cc1OC. The molecule has 2 aliphatic rings. The van der Waals surface area contributed by atoms with Crippen molar-refractivity contribution in [1.82, 2.24) is 9.21 Å². The summed E-state index contributed by atoms with van der Waals surface area (Å²) in [6, 6.07) is 5.24. The number of nitrogens with zero attached hydrogens (tertiary/aromatic N) is 2. The van der Waals surface area contributed by atoms with Crippen LogP contribution >= 0.6 is 0 Å². The van der Waals surface area contributed by atoms with E-state index in [-0.39, 0.29) is 5.91 Å². The van der Waals surface area contributed by atoms with Crippen molar-refractivity contribution in [3.8, 4) is 11.5 Å². The molecule has 0 aromatic heterocycles. The Labute approximate surface area is 161 Å². The molecular formula is C19H28N2O5S. The summed E-state index contributed by atoms with van der Waals surface area (Å²) in [4.78, 5) is 14.8. The van der Waals surface area contributed by atoms with Gasteiger partial charge in [0.15, 0.2) is 11.5 Å². The maximum absolute atomic E-state index is 12.9. The smallest absolute Gasteiger partial charge is 0.254 e. The van der Waals surface area contributed by atoms with Crippen molar-refractivity contribution in [3.05, 3.63) is 23.8 Å². The Balaban J connectivity index is 1.60. The van der Waals surface area contributed by atoms with Crippen LogP contribution in [0.3, 0.4) is 0 Å². The number of hydrogen-bond donors (Lipinski definition) is 0. The zero-order chi connectivity index (χ0) is 19.6. The standard InChI is InChI=1S/C19H28N2O5S/c1-25-17-5-4-15(12-18(17)26-2)19(22)20-9-6-16(13-20)14-7-10-21(11-8-14)27(3,23)24/h4-5,12,14,16H,6-11,13H2,1-3H3. The van der Waals surface area contributed by atoms with Crippen molar-refractivity contribution < 1.29 is 22.7 Å². The van der Waals surface area contributed by atoms with Crippen LogP contribution in [0.15, 0.2) is 18.2 Å². The minimum atomic E-state index is -3.10. The first-order valence-corrected chi connectivity index (χ1v) is 11.1. The van der Waals surface area contributed by atoms with E-state index in [9.17, 15) is 13.2 Å². The quantitative estimate of drug-likeness (QED) is 0.759. The van der Waals surface area contributed by atoms with E-state index in [4.69, 9.17) is 9.47 Å². The van der Waals surface area contributed by atoms with E-state index in [0.29, 0.717) is 42.0 Å². The molecular weight excluding hydrogens is 368 g/mol. The second-order valence-electron chi connectivity index (χ2n) is 7.37. The normalized spacial score (nSPS) is 22.0.